The van der Waals surface area contributed by atoms with Gasteiger partial charge in [0.05, 0.1) is 11.4 Å². The zero-order valence-electron chi connectivity index (χ0n) is 19.8. The van der Waals surface area contributed by atoms with Crippen molar-refractivity contribution in [2.45, 2.75) is 34.2 Å². The van der Waals surface area contributed by atoms with Gasteiger partial charge in [0.15, 0.2) is 5.76 Å². The minimum Gasteiger partial charge on any atom is -0.451 e. The van der Waals surface area contributed by atoms with Gasteiger partial charge in [0.1, 0.15) is 5.58 Å². The first kappa shape index (κ1) is 21.7. The first-order valence-electron chi connectivity index (χ1n) is 11.4. The van der Waals surface area contributed by atoms with Crippen molar-refractivity contribution < 1.29 is 9.21 Å². The van der Waals surface area contributed by atoms with Crippen molar-refractivity contribution in [2.75, 3.05) is 0 Å². The summed E-state index contributed by atoms with van der Waals surface area (Å²) in [6.45, 7) is 8.42. The standard InChI is InChI=1S/C29H27N3O2/c1-18-10-12-20(3)25(14-18)27-22(17-32(31-27)23-8-6-5-7-9-23)16-30-29(33)28-21(4)24-13-11-19(2)15-26(24)34-28/h5-15,17H,16H2,1-4H3,(H,30,33). The molecule has 5 rings (SSSR count). The SMILES string of the molecule is Cc1ccc(C)c(-c2nn(-c3ccccc3)cc2CNC(=O)c2oc3cc(C)ccc3c2C)c1. The second-order valence-corrected chi connectivity index (χ2v) is 8.84. The number of carbonyl (C=O) groups is 1. The molecule has 0 aliphatic rings. The molecule has 0 saturated carbocycles. The van der Waals surface area contributed by atoms with E-state index >= 15 is 0 Å². The average molecular weight is 450 g/mol. The summed E-state index contributed by atoms with van der Waals surface area (Å²) in [5, 5.41) is 8.92. The van der Waals surface area contributed by atoms with Crippen LogP contribution in [0.15, 0.2) is 77.3 Å². The molecule has 34 heavy (non-hydrogen) atoms. The van der Waals surface area contributed by atoms with Crippen LogP contribution in [0.2, 0.25) is 0 Å². The van der Waals surface area contributed by atoms with Crippen molar-refractivity contribution in [2.24, 2.45) is 0 Å². The van der Waals surface area contributed by atoms with Crippen LogP contribution in [-0.4, -0.2) is 15.7 Å². The Morgan fingerprint density at radius 3 is 2.47 bits per heavy atom. The number of hydrogen-bond donors (Lipinski definition) is 1. The average Bonchev–Trinajstić information content (AvgIpc) is 3.40. The van der Waals surface area contributed by atoms with Crippen molar-refractivity contribution in [1.29, 1.82) is 0 Å². The third-order valence-electron chi connectivity index (χ3n) is 6.20. The molecule has 0 atom stereocenters. The van der Waals surface area contributed by atoms with E-state index in [-0.39, 0.29) is 5.91 Å². The predicted octanol–water partition coefficient (Wildman–Crippen LogP) is 6.45. The molecular weight excluding hydrogens is 422 g/mol. The molecule has 0 radical (unpaired) electrons. The number of amides is 1. The molecule has 0 bridgehead atoms. The third-order valence-corrected chi connectivity index (χ3v) is 6.20. The van der Waals surface area contributed by atoms with Crippen LogP contribution in [0.3, 0.4) is 0 Å². The summed E-state index contributed by atoms with van der Waals surface area (Å²) in [7, 11) is 0. The lowest BCUT2D eigenvalue weighted by atomic mass is 10.0. The number of aryl methyl sites for hydroxylation is 4. The molecule has 0 unspecified atom stereocenters. The Kier molecular flexibility index (Phi) is 5.54. The highest BCUT2D eigenvalue weighted by molar-refractivity contribution is 5.99. The van der Waals surface area contributed by atoms with Crippen LogP contribution in [0.1, 0.15) is 38.4 Å². The molecule has 2 heterocycles. The molecule has 0 fully saturated rings. The maximum Gasteiger partial charge on any atom is 0.287 e. The molecule has 1 N–H and O–H groups in total. The van der Waals surface area contributed by atoms with Gasteiger partial charge in [-0.1, -0.05) is 48.0 Å². The number of rotatable bonds is 5. The van der Waals surface area contributed by atoms with E-state index in [0.29, 0.717) is 12.3 Å². The van der Waals surface area contributed by atoms with Gasteiger partial charge in [-0.3, -0.25) is 4.79 Å². The largest absolute Gasteiger partial charge is 0.451 e. The zero-order valence-corrected chi connectivity index (χ0v) is 19.8. The van der Waals surface area contributed by atoms with Crippen LogP contribution in [0.25, 0.3) is 27.9 Å². The lowest BCUT2D eigenvalue weighted by molar-refractivity contribution is 0.0924. The fraction of sp³-hybridized carbons (Fsp3) is 0.172. The van der Waals surface area contributed by atoms with E-state index < -0.39 is 0 Å². The summed E-state index contributed by atoms with van der Waals surface area (Å²) in [5.74, 6) is 0.120. The summed E-state index contributed by atoms with van der Waals surface area (Å²) in [5.41, 5.74) is 8.82. The lowest BCUT2D eigenvalue weighted by Gasteiger charge is -2.08. The molecule has 0 aliphatic heterocycles. The van der Waals surface area contributed by atoms with E-state index in [1.54, 1.807) is 0 Å². The van der Waals surface area contributed by atoms with Crippen molar-refractivity contribution in [3.63, 3.8) is 0 Å². The normalized spacial score (nSPS) is 11.2. The highest BCUT2D eigenvalue weighted by Crippen LogP contribution is 2.29. The van der Waals surface area contributed by atoms with Crippen molar-refractivity contribution in [3.05, 3.63) is 107 Å². The van der Waals surface area contributed by atoms with Gasteiger partial charge in [0.25, 0.3) is 5.91 Å². The van der Waals surface area contributed by atoms with Gasteiger partial charge in [-0.25, -0.2) is 4.68 Å². The minimum atomic E-state index is -0.231. The number of aromatic nitrogens is 2. The minimum absolute atomic E-state index is 0.231. The number of furan rings is 1. The van der Waals surface area contributed by atoms with Gasteiger partial charge in [0.2, 0.25) is 0 Å². The van der Waals surface area contributed by atoms with Gasteiger partial charge < -0.3 is 9.73 Å². The Hall–Kier alpha value is -4.12. The van der Waals surface area contributed by atoms with Crippen LogP contribution >= 0.6 is 0 Å². The number of hydrogen-bond acceptors (Lipinski definition) is 3. The van der Waals surface area contributed by atoms with Crippen molar-refractivity contribution in [3.8, 4) is 16.9 Å². The molecule has 5 aromatic rings. The van der Waals surface area contributed by atoms with Crippen LogP contribution < -0.4 is 5.32 Å². The topological polar surface area (TPSA) is 60.1 Å². The number of fused-ring (bicyclic) bond motifs is 1. The Labute approximate surface area is 199 Å². The number of benzene rings is 3. The van der Waals surface area contributed by atoms with E-state index in [0.717, 1.165) is 55.7 Å². The summed E-state index contributed by atoms with van der Waals surface area (Å²) >= 11 is 0. The molecule has 0 spiro atoms. The van der Waals surface area contributed by atoms with Crippen molar-refractivity contribution >= 4 is 16.9 Å². The van der Waals surface area contributed by atoms with Crippen LogP contribution in [0, 0.1) is 27.7 Å². The Balaban J connectivity index is 1.49. The third kappa shape index (κ3) is 4.01. The maximum atomic E-state index is 13.1. The van der Waals surface area contributed by atoms with E-state index in [1.807, 2.05) is 73.3 Å². The predicted molar refractivity (Wildman–Crippen MR) is 135 cm³/mol. The van der Waals surface area contributed by atoms with Gasteiger partial charge in [-0.05, 0) is 63.1 Å². The zero-order chi connectivity index (χ0) is 23.8. The Morgan fingerprint density at radius 2 is 1.68 bits per heavy atom. The van der Waals surface area contributed by atoms with E-state index in [1.165, 1.54) is 0 Å². The molecule has 0 saturated heterocycles. The lowest BCUT2D eigenvalue weighted by Crippen LogP contribution is -2.23. The molecular formula is C29H27N3O2. The van der Waals surface area contributed by atoms with Crippen LogP contribution in [0.4, 0.5) is 0 Å². The van der Waals surface area contributed by atoms with Crippen LogP contribution in [0.5, 0.6) is 0 Å². The maximum absolute atomic E-state index is 13.1. The summed E-state index contributed by atoms with van der Waals surface area (Å²) in [6, 6.07) is 22.3. The molecule has 5 nitrogen and oxygen atoms in total. The monoisotopic (exact) mass is 449 g/mol. The number of para-hydroxylation sites is 1. The Bertz CT molecular complexity index is 1510. The first-order valence-corrected chi connectivity index (χ1v) is 11.4. The molecule has 1 amide bonds. The fourth-order valence-electron chi connectivity index (χ4n) is 4.27. The Morgan fingerprint density at radius 1 is 0.941 bits per heavy atom. The highest BCUT2D eigenvalue weighted by Gasteiger charge is 2.20. The van der Waals surface area contributed by atoms with E-state index in [9.17, 15) is 4.79 Å². The highest BCUT2D eigenvalue weighted by atomic mass is 16.3. The molecule has 170 valence electrons. The number of carbonyl (C=O) groups excluding carboxylic acids is 1. The number of nitrogens with zero attached hydrogens (tertiary/aromatic N) is 2. The molecule has 0 aliphatic carbocycles. The fourth-order valence-corrected chi connectivity index (χ4v) is 4.27. The molecule has 2 aromatic heterocycles. The second-order valence-electron chi connectivity index (χ2n) is 8.84. The molecule has 5 heteroatoms. The van der Waals surface area contributed by atoms with E-state index in [4.69, 9.17) is 9.52 Å². The van der Waals surface area contributed by atoms with Crippen LogP contribution in [-0.2, 0) is 6.54 Å². The summed E-state index contributed by atoms with van der Waals surface area (Å²) in [4.78, 5) is 13.1. The second kappa shape index (κ2) is 8.67. The van der Waals surface area contributed by atoms with Gasteiger partial charge >= 0.3 is 0 Å². The van der Waals surface area contributed by atoms with Gasteiger partial charge in [0, 0.05) is 34.8 Å². The quantitative estimate of drug-likeness (QED) is 0.335. The van der Waals surface area contributed by atoms with Gasteiger partial charge in [-0.2, -0.15) is 5.10 Å². The van der Waals surface area contributed by atoms with Gasteiger partial charge in [-0.15, -0.1) is 0 Å². The number of nitrogens with one attached hydrogen (secondary N) is 1. The van der Waals surface area contributed by atoms with E-state index in [2.05, 4.69) is 37.4 Å². The summed E-state index contributed by atoms with van der Waals surface area (Å²) in [6.07, 6.45) is 1.99. The first-order chi connectivity index (χ1) is 16.4. The van der Waals surface area contributed by atoms with Crippen molar-refractivity contribution in [1.82, 2.24) is 15.1 Å². The molecule has 3 aromatic carbocycles. The smallest absolute Gasteiger partial charge is 0.287 e. The summed E-state index contributed by atoms with van der Waals surface area (Å²) < 4.78 is 7.79.